The Labute approximate surface area is 179 Å². The van der Waals surface area contributed by atoms with Gasteiger partial charge in [-0.15, -0.1) is 5.10 Å². The molecule has 10 nitrogen and oxygen atoms in total. The first kappa shape index (κ1) is 19.4. The van der Waals surface area contributed by atoms with Gasteiger partial charge in [-0.3, -0.25) is 19.5 Å². The molecule has 10 heteroatoms. The molecule has 5 rings (SSSR count). The first-order valence-corrected chi connectivity index (χ1v) is 10.4. The first-order chi connectivity index (χ1) is 15.0. The lowest BCUT2D eigenvalue weighted by Crippen LogP contribution is -2.47. The number of rotatable bonds is 5. The van der Waals surface area contributed by atoms with Crippen molar-refractivity contribution in [1.82, 2.24) is 34.8 Å². The molecule has 0 aromatic carbocycles. The van der Waals surface area contributed by atoms with Gasteiger partial charge >= 0.3 is 0 Å². The minimum atomic E-state index is -0.656. The van der Waals surface area contributed by atoms with Crippen LogP contribution < -0.4 is 10.2 Å². The third-order valence-electron chi connectivity index (χ3n) is 5.74. The lowest BCUT2D eigenvalue weighted by atomic mass is 10.2. The molecule has 1 aliphatic carbocycles. The molecule has 1 saturated carbocycles. The molecule has 1 unspecified atom stereocenters. The maximum absolute atomic E-state index is 13.0. The Morgan fingerprint density at radius 2 is 2.03 bits per heavy atom. The smallest absolute Gasteiger partial charge is 0.291 e. The van der Waals surface area contributed by atoms with Gasteiger partial charge in [0.2, 0.25) is 5.82 Å². The zero-order valence-corrected chi connectivity index (χ0v) is 17.5. The molecule has 160 valence electrons. The second-order valence-electron chi connectivity index (χ2n) is 8.21. The maximum atomic E-state index is 13.0. The summed E-state index contributed by atoms with van der Waals surface area (Å²) in [5, 5.41) is 11.7. The van der Waals surface area contributed by atoms with Crippen molar-refractivity contribution in [2.24, 2.45) is 0 Å². The zero-order chi connectivity index (χ0) is 21.5. The molecule has 1 atom stereocenters. The second kappa shape index (κ2) is 7.60. The molecule has 1 fully saturated rings. The Hall–Kier alpha value is -3.56. The molecule has 0 bridgehead atoms. The normalized spacial score (nSPS) is 18.6. The lowest BCUT2D eigenvalue weighted by molar-refractivity contribution is -0.120. The van der Waals surface area contributed by atoms with Crippen molar-refractivity contribution in [2.75, 3.05) is 11.9 Å². The molecular weight excluding hydrogens is 396 g/mol. The Bertz CT molecular complexity index is 1130. The summed E-state index contributed by atoms with van der Waals surface area (Å²) < 4.78 is 3.44. The van der Waals surface area contributed by atoms with Gasteiger partial charge in [0.1, 0.15) is 18.2 Å². The number of hydrogen-bond acceptors (Lipinski definition) is 6. The molecule has 4 heterocycles. The molecule has 2 amide bonds. The molecule has 0 saturated heterocycles. The topological polar surface area (TPSA) is 111 Å². The number of aryl methyl sites for hydroxylation is 2. The van der Waals surface area contributed by atoms with Crippen molar-refractivity contribution in [2.45, 2.75) is 51.2 Å². The van der Waals surface area contributed by atoms with E-state index in [0.717, 1.165) is 35.6 Å². The molecule has 3 aromatic heterocycles. The number of pyridine rings is 1. The summed E-state index contributed by atoms with van der Waals surface area (Å²) in [5.74, 6) is 0.701. The fourth-order valence-corrected chi connectivity index (χ4v) is 3.77. The highest BCUT2D eigenvalue weighted by Crippen LogP contribution is 2.40. The monoisotopic (exact) mass is 420 g/mol. The number of nitrogens with one attached hydrogen (secondary N) is 1. The van der Waals surface area contributed by atoms with Gasteiger partial charge in [0.05, 0.1) is 12.2 Å². The van der Waals surface area contributed by atoms with Crippen molar-refractivity contribution in [3.05, 3.63) is 53.5 Å². The van der Waals surface area contributed by atoms with E-state index in [1.807, 2.05) is 29.8 Å². The highest BCUT2D eigenvalue weighted by Gasteiger charge is 2.34. The fourth-order valence-electron chi connectivity index (χ4n) is 3.77. The number of nitrogens with zero attached hydrogens (tertiary/aromatic N) is 7. The largest absolute Gasteiger partial charge is 0.337 e. The van der Waals surface area contributed by atoms with Crippen LogP contribution in [0.1, 0.15) is 52.8 Å². The minimum Gasteiger partial charge on any atom is -0.337 e. The van der Waals surface area contributed by atoms with Gasteiger partial charge < -0.3 is 5.32 Å². The van der Waals surface area contributed by atoms with Crippen LogP contribution in [0.4, 0.5) is 5.82 Å². The van der Waals surface area contributed by atoms with E-state index in [2.05, 4.69) is 25.5 Å². The molecule has 1 N–H and O–H groups in total. The van der Waals surface area contributed by atoms with Crippen molar-refractivity contribution in [3.63, 3.8) is 0 Å². The number of hydrogen-bond donors (Lipinski definition) is 1. The van der Waals surface area contributed by atoms with Crippen LogP contribution in [0.2, 0.25) is 0 Å². The summed E-state index contributed by atoms with van der Waals surface area (Å²) in [5.41, 5.74) is 2.95. The predicted octanol–water partition coefficient (Wildman–Crippen LogP) is 1.27. The van der Waals surface area contributed by atoms with E-state index in [1.54, 1.807) is 22.8 Å². The van der Waals surface area contributed by atoms with E-state index in [1.165, 1.54) is 6.33 Å². The summed E-state index contributed by atoms with van der Waals surface area (Å²) in [4.78, 5) is 35.6. The lowest BCUT2D eigenvalue weighted by Gasteiger charge is -2.19. The van der Waals surface area contributed by atoms with Crippen LogP contribution in [0.25, 0.3) is 0 Å². The van der Waals surface area contributed by atoms with E-state index in [0.29, 0.717) is 25.4 Å². The van der Waals surface area contributed by atoms with E-state index in [4.69, 9.17) is 0 Å². The van der Waals surface area contributed by atoms with Gasteiger partial charge in [-0.1, -0.05) is 6.07 Å². The van der Waals surface area contributed by atoms with Crippen LogP contribution in [0, 0.1) is 6.92 Å². The summed E-state index contributed by atoms with van der Waals surface area (Å²) >= 11 is 0. The zero-order valence-electron chi connectivity index (χ0n) is 17.5. The van der Waals surface area contributed by atoms with Gasteiger partial charge in [0.15, 0.2) is 0 Å². The number of amides is 2. The Morgan fingerprint density at radius 3 is 2.77 bits per heavy atom. The van der Waals surface area contributed by atoms with Gasteiger partial charge in [0, 0.05) is 37.5 Å². The molecular formula is C21H24N8O2. The molecule has 2 aliphatic rings. The SMILES string of the molecule is Cc1ccc(Cn2cnc(C(=O)NC3CCn4nc(C5CC5)cc4N(C)C3=O)n2)cn1. The van der Waals surface area contributed by atoms with Crippen molar-refractivity contribution < 1.29 is 9.59 Å². The molecule has 0 radical (unpaired) electrons. The van der Waals surface area contributed by atoms with Gasteiger partial charge in [-0.05, 0) is 37.8 Å². The number of anilines is 1. The summed E-state index contributed by atoms with van der Waals surface area (Å²) in [6.07, 6.45) is 6.06. The van der Waals surface area contributed by atoms with Gasteiger partial charge in [-0.2, -0.15) is 5.10 Å². The van der Waals surface area contributed by atoms with E-state index < -0.39 is 11.9 Å². The molecule has 31 heavy (non-hydrogen) atoms. The number of fused-ring (bicyclic) bond motifs is 1. The van der Waals surface area contributed by atoms with Crippen LogP contribution in [-0.2, 0) is 17.9 Å². The third-order valence-corrected chi connectivity index (χ3v) is 5.74. The van der Waals surface area contributed by atoms with Crippen LogP contribution in [-0.4, -0.2) is 54.4 Å². The van der Waals surface area contributed by atoms with Gasteiger partial charge in [0.25, 0.3) is 11.8 Å². The number of carbonyl (C=O) groups excluding carboxylic acids is 2. The average Bonchev–Trinajstić information content (AvgIpc) is 3.38. The summed E-state index contributed by atoms with van der Waals surface area (Å²) in [7, 11) is 1.72. The van der Waals surface area contributed by atoms with Crippen molar-refractivity contribution in [1.29, 1.82) is 0 Å². The van der Waals surface area contributed by atoms with Crippen LogP contribution in [0.15, 0.2) is 30.7 Å². The van der Waals surface area contributed by atoms with Crippen LogP contribution in [0.5, 0.6) is 0 Å². The summed E-state index contributed by atoms with van der Waals surface area (Å²) in [6.45, 7) is 2.95. The molecule has 0 spiro atoms. The van der Waals surface area contributed by atoms with Crippen molar-refractivity contribution >= 4 is 17.6 Å². The number of aromatic nitrogens is 6. The van der Waals surface area contributed by atoms with Crippen LogP contribution >= 0.6 is 0 Å². The van der Waals surface area contributed by atoms with E-state index in [9.17, 15) is 9.59 Å². The molecule has 1 aliphatic heterocycles. The standard InChI is InChI=1S/C21H24N8O2/c1-13-3-4-14(10-22-13)11-28-12-23-19(26-28)20(30)24-16-7-8-29-18(27(2)21(16)31)9-17(25-29)15-5-6-15/h3-4,9-10,12,15-16H,5-8,11H2,1-2H3,(H,24,30). The third kappa shape index (κ3) is 3.92. The quantitative estimate of drug-likeness (QED) is 0.665. The average molecular weight is 420 g/mol. The maximum Gasteiger partial charge on any atom is 0.291 e. The highest BCUT2D eigenvalue weighted by atomic mass is 16.2. The predicted molar refractivity (Wildman–Crippen MR) is 112 cm³/mol. The molecule has 3 aromatic rings. The summed E-state index contributed by atoms with van der Waals surface area (Å²) in [6, 6.07) is 5.22. The number of carbonyl (C=O) groups is 2. The van der Waals surface area contributed by atoms with E-state index >= 15 is 0 Å². The van der Waals surface area contributed by atoms with Gasteiger partial charge in [-0.25, -0.2) is 14.3 Å². The van der Waals surface area contributed by atoms with E-state index in [-0.39, 0.29) is 11.7 Å². The second-order valence-corrected chi connectivity index (χ2v) is 8.21. The highest BCUT2D eigenvalue weighted by molar-refractivity contribution is 6.00. The first-order valence-electron chi connectivity index (χ1n) is 10.4. The van der Waals surface area contributed by atoms with Crippen molar-refractivity contribution in [3.8, 4) is 0 Å². The Balaban J connectivity index is 1.25. The Morgan fingerprint density at radius 1 is 1.19 bits per heavy atom. The van der Waals surface area contributed by atoms with Crippen LogP contribution in [0.3, 0.4) is 0 Å². The minimum absolute atomic E-state index is 0.0357. The fraction of sp³-hybridized carbons (Fsp3) is 0.429. The number of likely N-dealkylation sites (N-methyl/N-ethyl adjacent to an activating group) is 1. The Kier molecular flexibility index (Phi) is 4.76.